The van der Waals surface area contributed by atoms with Gasteiger partial charge in [-0.05, 0) is 98.1 Å². The maximum atomic E-state index is 17.0. The topological polar surface area (TPSA) is 117 Å². The molecule has 3 saturated carbocycles. The molecule has 6 rings (SSSR count). The summed E-state index contributed by atoms with van der Waals surface area (Å²) in [6, 6.07) is 9.90. The highest BCUT2D eigenvalue weighted by molar-refractivity contribution is 6.30. The molecule has 0 saturated heterocycles. The van der Waals surface area contributed by atoms with E-state index in [2.05, 4.69) is 0 Å². The third kappa shape index (κ3) is 5.31. The van der Waals surface area contributed by atoms with Gasteiger partial charge in [0, 0.05) is 29.3 Å². The number of hydroxylamine groups is 1. The van der Waals surface area contributed by atoms with E-state index in [9.17, 15) is 19.5 Å². The van der Waals surface area contributed by atoms with Gasteiger partial charge < -0.3 is 14.3 Å². The number of alkyl halides is 2. The number of nitrogens with zero attached hydrogens (tertiary/aromatic N) is 1. The quantitative estimate of drug-likeness (QED) is 0.300. The molecule has 4 aliphatic carbocycles. The number of Topliss-reactive ketones (excluding diaryl/α,β-unsaturated/α-hetero) is 1. The van der Waals surface area contributed by atoms with Crippen LogP contribution in [0.1, 0.15) is 50.1 Å². The van der Waals surface area contributed by atoms with Crippen molar-refractivity contribution >= 4 is 34.8 Å². The van der Waals surface area contributed by atoms with Crippen molar-refractivity contribution in [3.05, 3.63) is 77.2 Å². The largest absolute Gasteiger partial charge is 0.457 e. The van der Waals surface area contributed by atoms with Crippen LogP contribution in [-0.2, 0) is 14.3 Å². The van der Waals surface area contributed by atoms with E-state index in [1.165, 1.54) is 30.5 Å². The number of aliphatic hydroxyl groups is 1. The minimum atomic E-state index is -2.16. The van der Waals surface area contributed by atoms with E-state index >= 15 is 8.78 Å². The normalized spacial score (nSPS) is 35.3. The van der Waals surface area contributed by atoms with Gasteiger partial charge in [-0.3, -0.25) is 19.9 Å². The molecular formula is C33H36ClF2NO7. The highest BCUT2D eigenvalue weighted by atomic mass is 35.5. The van der Waals surface area contributed by atoms with Gasteiger partial charge in [0.15, 0.2) is 23.8 Å². The van der Waals surface area contributed by atoms with Gasteiger partial charge in [0.25, 0.3) is 0 Å². The van der Waals surface area contributed by atoms with Crippen molar-refractivity contribution in [2.45, 2.75) is 57.5 Å². The molecule has 0 spiro atoms. The second kappa shape index (κ2) is 11.9. The van der Waals surface area contributed by atoms with Gasteiger partial charge in [0.2, 0.25) is 5.76 Å². The van der Waals surface area contributed by atoms with Crippen LogP contribution in [0.5, 0.6) is 0 Å². The smallest absolute Gasteiger partial charge is 0.374 e. The van der Waals surface area contributed by atoms with Crippen molar-refractivity contribution in [3.63, 3.8) is 0 Å². The van der Waals surface area contributed by atoms with Crippen LogP contribution in [0, 0.1) is 28.6 Å². The van der Waals surface area contributed by atoms with Crippen molar-refractivity contribution < 1.29 is 42.6 Å². The molecule has 0 bridgehead atoms. The molecule has 4 aliphatic rings. The SMILES string of the molecule is CN(O)c1ccc(Cl)cc1.C[C@]12C[C@H](O)[C@@]3(F)[C@@H](C[C@H](F)C4=CC(=O)C=C[C@@]43C)C1CC[C@@H]2C(=O)COC(=O)c1ccco1. The second-order valence-electron chi connectivity index (χ2n) is 12.6. The lowest BCUT2D eigenvalue weighted by Crippen LogP contribution is -2.68. The monoisotopic (exact) mass is 631 g/mol. The molecule has 0 aliphatic heterocycles. The first-order valence-corrected chi connectivity index (χ1v) is 15.0. The number of ketones is 2. The summed E-state index contributed by atoms with van der Waals surface area (Å²) in [5.41, 5.74) is -3.56. The number of rotatable bonds is 5. The second-order valence-corrected chi connectivity index (χ2v) is 13.0. The Kier molecular flexibility index (Phi) is 8.65. The number of aliphatic hydroxyl groups excluding tert-OH is 1. The lowest BCUT2D eigenvalue weighted by Gasteiger charge is -2.62. The molecule has 2 N–H and O–H groups in total. The van der Waals surface area contributed by atoms with Gasteiger partial charge in [-0.25, -0.2) is 13.6 Å². The van der Waals surface area contributed by atoms with Crippen LogP contribution in [0.15, 0.2) is 70.9 Å². The van der Waals surface area contributed by atoms with Gasteiger partial charge in [-0.2, -0.15) is 0 Å². The van der Waals surface area contributed by atoms with Gasteiger partial charge in [-0.1, -0.05) is 24.6 Å². The Morgan fingerprint density at radius 1 is 1.16 bits per heavy atom. The summed E-state index contributed by atoms with van der Waals surface area (Å²) in [6.45, 7) is 2.96. The Hall–Kier alpha value is -3.34. The minimum Gasteiger partial charge on any atom is -0.457 e. The predicted octanol–water partition coefficient (Wildman–Crippen LogP) is 6.11. The standard InChI is InChI=1S/C26H28F2O6.C7H8ClNO/c1-24-12-22(31)26(28)17(11-19(27)18-10-14(29)7-8-25(18,26)2)15(24)5-6-16(24)20(30)13-34-23(32)21-4-3-9-33-21;1-9(10)7-4-2-6(8)3-5-7/h3-4,7-10,15-17,19,22,31H,5-6,11-13H2,1-2H3;2-5,10H,1H3/t15?,16-,17+,19+,22+,24+,25+,26+;/m1./s1. The molecule has 1 aromatic carbocycles. The summed E-state index contributed by atoms with van der Waals surface area (Å²) in [7, 11) is 1.56. The average molecular weight is 632 g/mol. The summed E-state index contributed by atoms with van der Waals surface area (Å²) in [5.74, 6) is -3.15. The fourth-order valence-corrected chi connectivity index (χ4v) is 8.22. The first kappa shape index (κ1) is 32.1. The molecule has 236 valence electrons. The molecule has 8 nitrogen and oxygen atoms in total. The number of anilines is 1. The maximum absolute atomic E-state index is 17.0. The molecule has 44 heavy (non-hydrogen) atoms. The van der Waals surface area contributed by atoms with Crippen LogP contribution < -0.4 is 5.06 Å². The summed E-state index contributed by atoms with van der Waals surface area (Å²) in [4.78, 5) is 37.1. The summed E-state index contributed by atoms with van der Waals surface area (Å²) < 4.78 is 42.5. The summed E-state index contributed by atoms with van der Waals surface area (Å²) >= 11 is 5.62. The number of furan rings is 1. The Morgan fingerprint density at radius 2 is 1.86 bits per heavy atom. The number of halogens is 3. The van der Waals surface area contributed by atoms with E-state index in [0.29, 0.717) is 17.9 Å². The number of carbonyl (C=O) groups excluding carboxylic acids is 3. The predicted molar refractivity (Wildman–Crippen MR) is 158 cm³/mol. The zero-order chi connectivity index (χ0) is 32.0. The molecule has 8 atom stereocenters. The summed E-state index contributed by atoms with van der Waals surface area (Å²) in [6.07, 6.45) is 3.01. The fraction of sp³-hybridized carbons (Fsp3) is 0.485. The average Bonchev–Trinajstić information content (AvgIpc) is 3.63. The van der Waals surface area contributed by atoms with Gasteiger partial charge in [-0.15, -0.1) is 0 Å². The lowest BCUT2D eigenvalue weighted by molar-refractivity contribution is -0.202. The third-order valence-corrected chi connectivity index (χ3v) is 10.5. The van der Waals surface area contributed by atoms with Gasteiger partial charge >= 0.3 is 5.97 Å². The molecule has 0 radical (unpaired) electrons. The van der Waals surface area contributed by atoms with Crippen LogP contribution in [0.3, 0.4) is 0 Å². The van der Waals surface area contributed by atoms with E-state index in [0.717, 1.165) is 16.8 Å². The zero-order valence-corrected chi connectivity index (χ0v) is 25.5. The number of ether oxygens (including phenoxy) is 1. The van der Waals surface area contributed by atoms with E-state index < -0.39 is 53.2 Å². The maximum Gasteiger partial charge on any atom is 0.374 e. The first-order chi connectivity index (χ1) is 20.7. The molecule has 0 amide bonds. The van der Waals surface area contributed by atoms with Crippen molar-refractivity contribution in [3.8, 4) is 0 Å². The molecule has 2 aromatic rings. The van der Waals surface area contributed by atoms with E-state index in [4.69, 9.17) is 26.0 Å². The molecule has 1 heterocycles. The van der Waals surface area contributed by atoms with Crippen LogP contribution in [-0.4, -0.2) is 59.4 Å². The Labute approximate surface area is 259 Å². The summed E-state index contributed by atoms with van der Waals surface area (Å²) in [5, 5.41) is 21.8. The number of hydrogen-bond acceptors (Lipinski definition) is 8. The number of allylic oxidation sites excluding steroid dienone is 4. The number of fused-ring (bicyclic) bond motifs is 5. The highest BCUT2D eigenvalue weighted by Gasteiger charge is 2.72. The first-order valence-electron chi connectivity index (χ1n) is 14.6. The van der Waals surface area contributed by atoms with Crippen molar-refractivity contribution in [1.29, 1.82) is 0 Å². The number of hydrogen-bond donors (Lipinski definition) is 2. The minimum absolute atomic E-state index is 0.00840. The van der Waals surface area contributed by atoms with E-state index in [1.54, 1.807) is 38.2 Å². The molecular weight excluding hydrogens is 596 g/mol. The van der Waals surface area contributed by atoms with Crippen LogP contribution in [0.25, 0.3) is 0 Å². The van der Waals surface area contributed by atoms with Crippen LogP contribution in [0.4, 0.5) is 14.5 Å². The zero-order valence-electron chi connectivity index (χ0n) is 24.7. The van der Waals surface area contributed by atoms with Crippen LogP contribution >= 0.6 is 11.6 Å². The molecule has 1 aromatic heterocycles. The highest BCUT2D eigenvalue weighted by Crippen LogP contribution is 2.69. The lowest BCUT2D eigenvalue weighted by atomic mass is 9.45. The van der Waals surface area contributed by atoms with Gasteiger partial charge in [0.1, 0.15) is 6.17 Å². The fourth-order valence-electron chi connectivity index (χ4n) is 8.09. The van der Waals surface area contributed by atoms with Crippen molar-refractivity contribution in [2.75, 3.05) is 18.7 Å². The van der Waals surface area contributed by atoms with Gasteiger partial charge in [0.05, 0.1) is 18.1 Å². The van der Waals surface area contributed by atoms with Crippen molar-refractivity contribution in [2.24, 2.45) is 28.6 Å². The number of carbonyl (C=O) groups is 3. The molecule has 3 fully saturated rings. The molecule has 1 unspecified atom stereocenters. The molecule has 11 heteroatoms. The number of benzene rings is 1. The van der Waals surface area contributed by atoms with E-state index in [-0.39, 0.29) is 41.7 Å². The Morgan fingerprint density at radius 3 is 2.50 bits per heavy atom. The Balaban J connectivity index is 0.000000328. The Bertz CT molecular complexity index is 1480. The van der Waals surface area contributed by atoms with Crippen LogP contribution in [0.2, 0.25) is 5.02 Å². The van der Waals surface area contributed by atoms with Crippen molar-refractivity contribution in [1.82, 2.24) is 0 Å². The number of esters is 1. The third-order valence-electron chi connectivity index (χ3n) is 10.3. The van der Waals surface area contributed by atoms with E-state index in [1.807, 2.05) is 6.92 Å².